The minimum atomic E-state index is -0.694. The zero-order chi connectivity index (χ0) is 13.7. The van der Waals surface area contributed by atoms with Gasteiger partial charge in [0.15, 0.2) is 6.10 Å². The summed E-state index contributed by atoms with van der Waals surface area (Å²) in [4.78, 5) is 11.8. The molecule has 1 aromatic carbocycles. The van der Waals surface area contributed by atoms with E-state index in [1.165, 1.54) is 0 Å². The molecule has 0 fully saturated rings. The summed E-state index contributed by atoms with van der Waals surface area (Å²) in [5, 5.41) is 0.689. The van der Waals surface area contributed by atoms with E-state index < -0.39 is 12.1 Å². The van der Waals surface area contributed by atoms with E-state index in [1.54, 1.807) is 25.1 Å². The van der Waals surface area contributed by atoms with E-state index in [0.29, 0.717) is 22.4 Å². The molecule has 5 heteroatoms. The summed E-state index contributed by atoms with van der Waals surface area (Å²) in [6.45, 7) is 5.82. The standard InChI is InChI=1S/C13H16Cl2O3/c1-4-17-13(16)12(8(2)3)18-10-7-5-6-9(14)11(10)15/h5-8,12H,4H2,1-3H3. The maximum absolute atomic E-state index is 11.8. The van der Waals surface area contributed by atoms with Crippen LogP contribution in [0.1, 0.15) is 20.8 Å². The first-order valence-corrected chi connectivity index (χ1v) is 6.50. The predicted octanol–water partition coefficient (Wildman–Crippen LogP) is 3.96. The van der Waals surface area contributed by atoms with Crippen molar-refractivity contribution in [1.82, 2.24) is 0 Å². The summed E-state index contributed by atoms with van der Waals surface area (Å²) >= 11 is 11.9. The molecule has 3 nitrogen and oxygen atoms in total. The van der Waals surface area contributed by atoms with E-state index in [4.69, 9.17) is 32.7 Å². The first-order valence-electron chi connectivity index (χ1n) is 5.74. The van der Waals surface area contributed by atoms with Crippen LogP contribution in [0.15, 0.2) is 18.2 Å². The first-order chi connectivity index (χ1) is 8.47. The van der Waals surface area contributed by atoms with Crippen LogP contribution in [-0.4, -0.2) is 18.7 Å². The Morgan fingerprint density at radius 1 is 1.33 bits per heavy atom. The molecule has 0 saturated carbocycles. The molecule has 0 aliphatic heterocycles. The molecule has 1 aromatic rings. The highest BCUT2D eigenvalue weighted by atomic mass is 35.5. The second-order valence-corrected chi connectivity index (χ2v) is 4.87. The molecule has 0 saturated heterocycles. The topological polar surface area (TPSA) is 35.5 Å². The number of rotatable bonds is 5. The third-order valence-corrected chi connectivity index (χ3v) is 3.10. The maximum Gasteiger partial charge on any atom is 0.347 e. The molecule has 0 amide bonds. The van der Waals surface area contributed by atoms with Crippen molar-refractivity contribution in [3.63, 3.8) is 0 Å². The lowest BCUT2D eigenvalue weighted by Gasteiger charge is -2.21. The summed E-state index contributed by atoms with van der Waals surface area (Å²) in [5.74, 6) is -0.0430. The van der Waals surface area contributed by atoms with Crippen molar-refractivity contribution in [3.05, 3.63) is 28.2 Å². The average Bonchev–Trinajstić information content (AvgIpc) is 2.30. The summed E-state index contributed by atoms with van der Waals surface area (Å²) in [5.41, 5.74) is 0. The van der Waals surface area contributed by atoms with Crippen LogP contribution in [0.4, 0.5) is 0 Å². The molecule has 0 N–H and O–H groups in total. The molecule has 0 aliphatic rings. The Morgan fingerprint density at radius 2 is 2.00 bits per heavy atom. The Bertz CT molecular complexity index is 419. The second kappa shape index (κ2) is 6.86. The molecule has 100 valence electrons. The van der Waals surface area contributed by atoms with Crippen LogP contribution in [-0.2, 0) is 9.53 Å². The van der Waals surface area contributed by atoms with Crippen molar-refractivity contribution in [3.8, 4) is 5.75 Å². The highest BCUT2D eigenvalue weighted by Crippen LogP contribution is 2.32. The Hall–Kier alpha value is -0.930. The van der Waals surface area contributed by atoms with E-state index in [1.807, 2.05) is 13.8 Å². The van der Waals surface area contributed by atoms with Crippen LogP contribution in [0.5, 0.6) is 5.75 Å². The van der Waals surface area contributed by atoms with Gasteiger partial charge in [0.2, 0.25) is 0 Å². The van der Waals surface area contributed by atoms with Crippen molar-refractivity contribution in [2.24, 2.45) is 5.92 Å². The van der Waals surface area contributed by atoms with E-state index in [-0.39, 0.29) is 5.92 Å². The third kappa shape index (κ3) is 3.79. The zero-order valence-corrected chi connectivity index (χ0v) is 12.1. The van der Waals surface area contributed by atoms with Crippen LogP contribution < -0.4 is 4.74 Å². The van der Waals surface area contributed by atoms with Crippen LogP contribution in [0.2, 0.25) is 10.0 Å². The van der Waals surface area contributed by atoms with E-state index in [9.17, 15) is 4.79 Å². The Morgan fingerprint density at radius 3 is 2.56 bits per heavy atom. The molecular formula is C13H16Cl2O3. The molecule has 18 heavy (non-hydrogen) atoms. The molecular weight excluding hydrogens is 275 g/mol. The molecule has 1 atom stereocenters. The average molecular weight is 291 g/mol. The van der Waals surface area contributed by atoms with Crippen molar-refractivity contribution in [2.75, 3.05) is 6.61 Å². The third-order valence-electron chi connectivity index (χ3n) is 2.29. The lowest BCUT2D eigenvalue weighted by Crippen LogP contribution is -2.34. The number of hydrogen-bond acceptors (Lipinski definition) is 3. The normalized spacial score (nSPS) is 12.3. The first kappa shape index (κ1) is 15.1. The molecule has 0 heterocycles. The number of halogens is 2. The van der Waals surface area contributed by atoms with E-state index in [2.05, 4.69) is 0 Å². The van der Waals surface area contributed by atoms with Gasteiger partial charge in [0.1, 0.15) is 10.8 Å². The van der Waals surface area contributed by atoms with Crippen molar-refractivity contribution in [2.45, 2.75) is 26.9 Å². The molecule has 1 rings (SSSR count). The Labute approximate surface area is 117 Å². The quantitative estimate of drug-likeness (QED) is 0.770. The fourth-order valence-corrected chi connectivity index (χ4v) is 1.73. The SMILES string of the molecule is CCOC(=O)C(Oc1cccc(Cl)c1Cl)C(C)C. The summed E-state index contributed by atoms with van der Waals surface area (Å²) in [6, 6.07) is 5.04. The van der Waals surface area contributed by atoms with Gasteiger partial charge in [-0.25, -0.2) is 4.79 Å². The maximum atomic E-state index is 11.8. The van der Waals surface area contributed by atoms with Crippen LogP contribution in [0, 0.1) is 5.92 Å². The van der Waals surface area contributed by atoms with Gasteiger partial charge in [-0.2, -0.15) is 0 Å². The fourth-order valence-electron chi connectivity index (χ4n) is 1.39. The van der Waals surface area contributed by atoms with Gasteiger partial charge in [-0.1, -0.05) is 43.1 Å². The molecule has 0 aliphatic carbocycles. The van der Waals surface area contributed by atoms with Crippen LogP contribution in [0.25, 0.3) is 0 Å². The number of ether oxygens (including phenoxy) is 2. The van der Waals surface area contributed by atoms with Gasteiger partial charge in [-0.3, -0.25) is 0 Å². The fraction of sp³-hybridized carbons (Fsp3) is 0.462. The van der Waals surface area contributed by atoms with Crippen molar-refractivity contribution < 1.29 is 14.3 Å². The van der Waals surface area contributed by atoms with Crippen LogP contribution in [0.3, 0.4) is 0 Å². The summed E-state index contributed by atoms with van der Waals surface area (Å²) < 4.78 is 10.6. The number of esters is 1. The number of hydrogen-bond donors (Lipinski definition) is 0. The number of benzene rings is 1. The van der Waals surface area contributed by atoms with Gasteiger partial charge < -0.3 is 9.47 Å². The molecule has 0 radical (unpaired) electrons. The van der Waals surface area contributed by atoms with Crippen molar-refractivity contribution >= 4 is 29.2 Å². The van der Waals surface area contributed by atoms with Gasteiger partial charge >= 0.3 is 5.97 Å². The monoisotopic (exact) mass is 290 g/mol. The van der Waals surface area contributed by atoms with Crippen LogP contribution >= 0.6 is 23.2 Å². The van der Waals surface area contributed by atoms with E-state index >= 15 is 0 Å². The lowest BCUT2D eigenvalue weighted by atomic mass is 10.1. The highest BCUT2D eigenvalue weighted by Gasteiger charge is 2.26. The summed E-state index contributed by atoms with van der Waals surface area (Å²) in [6.07, 6.45) is -0.694. The van der Waals surface area contributed by atoms with Crippen molar-refractivity contribution in [1.29, 1.82) is 0 Å². The Balaban J connectivity index is 2.90. The second-order valence-electron chi connectivity index (χ2n) is 4.09. The lowest BCUT2D eigenvalue weighted by molar-refractivity contribution is -0.153. The van der Waals surface area contributed by atoms with E-state index in [0.717, 1.165) is 0 Å². The predicted molar refractivity (Wildman–Crippen MR) is 72.3 cm³/mol. The van der Waals surface area contributed by atoms with Gasteiger partial charge in [-0.15, -0.1) is 0 Å². The zero-order valence-electron chi connectivity index (χ0n) is 10.6. The minimum Gasteiger partial charge on any atom is -0.477 e. The largest absolute Gasteiger partial charge is 0.477 e. The Kier molecular flexibility index (Phi) is 5.76. The number of carbonyl (C=O) groups is 1. The minimum absolute atomic E-state index is 0.0286. The number of carbonyl (C=O) groups excluding carboxylic acids is 1. The smallest absolute Gasteiger partial charge is 0.347 e. The molecule has 0 spiro atoms. The van der Waals surface area contributed by atoms with Gasteiger partial charge in [0.25, 0.3) is 0 Å². The summed E-state index contributed by atoms with van der Waals surface area (Å²) in [7, 11) is 0. The highest BCUT2D eigenvalue weighted by molar-refractivity contribution is 6.42. The molecule has 0 bridgehead atoms. The van der Waals surface area contributed by atoms with Gasteiger partial charge in [0, 0.05) is 5.92 Å². The molecule has 0 aromatic heterocycles. The molecule has 1 unspecified atom stereocenters. The van der Waals surface area contributed by atoms with Gasteiger partial charge in [0.05, 0.1) is 11.6 Å². The van der Waals surface area contributed by atoms with Gasteiger partial charge in [-0.05, 0) is 19.1 Å².